The molecule has 168 valence electrons. The highest BCUT2D eigenvalue weighted by Crippen LogP contribution is 2.49. The molecule has 0 bridgehead atoms. The minimum absolute atomic E-state index is 0.0836. The Balaban J connectivity index is 1.44. The molecular weight excluding hydrogens is 426 g/mol. The van der Waals surface area contributed by atoms with E-state index < -0.39 is 52.6 Å². The summed E-state index contributed by atoms with van der Waals surface area (Å²) >= 11 is 0. The van der Waals surface area contributed by atoms with Crippen molar-refractivity contribution in [3.8, 4) is 0 Å². The molecule has 1 spiro atoms. The summed E-state index contributed by atoms with van der Waals surface area (Å²) in [5.74, 6) is -5.54. The molecule has 1 saturated carbocycles. The monoisotopic (exact) mass is 446 g/mol. The van der Waals surface area contributed by atoms with E-state index in [0.717, 1.165) is 18.6 Å². The van der Waals surface area contributed by atoms with Gasteiger partial charge in [0.2, 0.25) is 23.5 Å². The zero-order valence-corrected chi connectivity index (χ0v) is 17.1. The van der Waals surface area contributed by atoms with Crippen molar-refractivity contribution >= 4 is 23.4 Å². The van der Waals surface area contributed by atoms with Crippen LogP contribution in [0.3, 0.4) is 0 Å². The van der Waals surface area contributed by atoms with E-state index in [9.17, 15) is 28.0 Å². The third-order valence-electron chi connectivity index (χ3n) is 6.66. The fourth-order valence-corrected chi connectivity index (χ4v) is 5.28. The van der Waals surface area contributed by atoms with Crippen LogP contribution in [0.25, 0.3) is 0 Å². The van der Waals surface area contributed by atoms with Gasteiger partial charge < -0.3 is 19.9 Å². The van der Waals surface area contributed by atoms with Crippen LogP contribution in [0.15, 0.2) is 23.9 Å². The highest BCUT2D eigenvalue weighted by atomic mass is 19.1. The SMILES string of the molecule is C[C@@H]1CO[C@@]23CCC[C@@H]2N2C=C(C(=O)NCc4ccc(F)nc4F)C(=O)C(=O)C2C(=O)N13. The van der Waals surface area contributed by atoms with E-state index in [1.54, 1.807) is 4.90 Å². The smallest absolute Gasteiger partial charge is 0.257 e. The number of nitrogens with zero attached hydrogens (tertiary/aromatic N) is 3. The van der Waals surface area contributed by atoms with Gasteiger partial charge in [-0.2, -0.15) is 13.8 Å². The normalized spacial score (nSPS) is 31.3. The fourth-order valence-electron chi connectivity index (χ4n) is 5.28. The molecule has 2 saturated heterocycles. The maximum atomic E-state index is 13.7. The molecule has 2 amide bonds. The molecule has 32 heavy (non-hydrogen) atoms. The number of rotatable bonds is 3. The summed E-state index contributed by atoms with van der Waals surface area (Å²) in [4.78, 5) is 57.7. The Morgan fingerprint density at radius 1 is 1.31 bits per heavy atom. The summed E-state index contributed by atoms with van der Waals surface area (Å²) in [7, 11) is 0. The topological polar surface area (TPSA) is 109 Å². The fraction of sp³-hybridized carbons (Fsp3) is 0.476. The number of amides is 2. The predicted molar refractivity (Wildman–Crippen MR) is 102 cm³/mol. The minimum Gasteiger partial charge on any atom is -0.351 e. The molecule has 0 aromatic carbocycles. The van der Waals surface area contributed by atoms with Crippen LogP contribution in [0.5, 0.6) is 0 Å². The number of piperazine rings is 1. The molecule has 3 aliphatic heterocycles. The molecule has 0 radical (unpaired) electrons. The lowest BCUT2D eigenvalue weighted by molar-refractivity contribution is -0.185. The Morgan fingerprint density at radius 3 is 2.84 bits per heavy atom. The van der Waals surface area contributed by atoms with Gasteiger partial charge in [0.25, 0.3) is 11.8 Å². The number of hydrogen-bond donors (Lipinski definition) is 1. The van der Waals surface area contributed by atoms with Gasteiger partial charge in [0.05, 0.1) is 18.7 Å². The molecule has 4 atom stereocenters. The van der Waals surface area contributed by atoms with Crippen molar-refractivity contribution in [2.24, 2.45) is 0 Å². The van der Waals surface area contributed by atoms with Crippen LogP contribution in [0, 0.1) is 11.9 Å². The molecule has 1 N–H and O–H groups in total. The van der Waals surface area contributed by atoms with Crippen molar-refractivity contribution in [3.63, 3.8) is 0 Å². The molecular formula is C21H20F2N4O5. The van der Waals surface area contributed by atoms with Gasteiger partial charge in [0.15, 0.2) is 11.8 Å². The van der Waals surface area contributed by atoms with Gasteiger partial charge in [-0.05, 0) is 38.3 Å². The lowest BCUT2D eigenvalue weighted by Gasteiger charge is -2.52. The van der Waals surface area contributed by atoms with E-state index >= 15 is 0 Å². The number of carbonyl (C=O) groups excluding carboxylic acids is 4. The van der Waals surface area contributed by atoms with Crippen molar-refractivity contribution in [1.82, 2.24) is 20.1 Å². The number of halogens is 2. The number of Topliss-reactive ketones (excluding diaryl/α,β-unsaturated/α-hetero) is 2. The standard InChI is InChI=1S/C21H20F2N4O5/c1-10-9-32-21-6-2-3-13(21)26-8-12(16(28)17(29)15(26)20(31)27(10)21)19(30)24-7-11-4-5-14(22)25-18(11)23/h4-5,8,10,13,15H,2-3,6-7,9H2,1H3,(H,24,30)/t10-,13+,15?,21+/m1/s1. The molecule has 1 aromatic heterocycles. The van der Waals surface area contributed by atoms with E-state index in [0.29, 0.717) is 19.4 Å². The number of pyridine rings is 1. The van der Waals surface area contributed by atoms with Crippen LogP contribution in [0.1, 0.15) is 31.7 Å². The van der Waals surface area contributed by atoms with Crippen molar-refractivity contribution in [1.29, 1.82) is 0 Å². The lowest BCUT2D eigenvalue weighted by atomic mass is 9.87. The van der Waals surface area contributed by atoms with Crippen LogP contribution in [0.4, 0.5) is 8.78 Å². The molecule has 1 aromatic rings. The molecule has 1 aliphatic carbocycles. The Morgan fingerprint density at radius 2 is 2.09 bits per heavy atom. The van der Waals surface area contributed by atoms with Crippen molar-refractivity contribution in [3.05, 3.63) is 41.4 Å². The molecule has 3 fully saturated rings. The number of ketones is 2. The van der Waals surface area contributed by atoms with Gasteiger partial charge in [0, 0.05) is 18.3 Å². The van der Waals surface area contributed by atoms with Gasteiger partial charge in [-0.1, -0.05) is 0 Å². The van der Waals surface area contributed by atoms with E-state index in [1.807, 2.05) is 6.92 Å². The Kier molecular flexibility index (Phi) is 4.63. The second-order valence-electron chi connectivity index (χ2n) is 8.47. The Bertz CT molecular complexity index is 1090. The van der Waals surface area contributed by atoms with Gasteiger partial charge >= 0.3 is 0 Å². The second kappa shape index (κ2) is 7.16. The molecule has 9 nitrogen and oxygen atoms in total. The van der Waals surface area contributed by atoms with Crippen LogP contribution in [-0.4, -0.2) is 68.6 Å². The minimum atomic E-state index is -1.32. The molecule has 4 aliphatic rings. The summed E-state index contributed by atoms with van der Waals surface area (Å²) < 4.78 is 32.8. The third kappa shape index (κ3) is 2.80. The predicted octanol–water partition coefficient (Wildman–Crippen LogP) is 0.192. The van der Waals surface area contributed by atoms with E-state index in [4.69, 9.17) is 4.74 Å². The second-order valence-corrected chi connectivity index (χ2v) is 8.47. The number of nitrogens with one attached hydrogen (secondary N) is 1. The summed E-state index contributed by atoms with van der Waals surface area (Å²) in [6.45, 7) is 1.81. The van der Waals surface area contributed by atoms with E-state index in [-0.39, 0.29) is 24.2 Å². The van der Waals surface area contributed by atoms with Crippen LogP contribution in [-0.2, 0) is 30.5 Å². The zero-order valence-electron chi connectivity index (χ0n) is 17.1. The van der Waals surface area contributed by atoms with Gasteiger partial charge in [0.1, 0.15) is 5.57 Å². The van der Waals surface area contributed by atoms with Crippen LogP contribution < -0.4 is 5.32 Å². The first-order valence-electron chi connectivity index (χ1n) is 10.4. The van der Waals surface area contributed by atoms with Crippen LogP contribution >= 0.6 is 0 Å². The van der Waals surface area contributed by atoms with Crippen molar-refractivity contribution in [2.45, 2.75) is 56.6 Å². The highest BCUT2D eigenvalue weighted by molar-refractivity contribution is 6.54. The van der Waals surface area contributed by atoms with Gasteiger partial charge in [-0.25, -0.2) is 0 Å². The van der Waals surface area contributed by atoms with E-state index in [1.165, 1.54) is 11.1 Å². The van der Waals surface area contributed by atoms with Gasteiger partial charge in [-0.15, -0.1) is 0 Å². The summed E-state index contributed by atoms with van der Waals surface area (Å²) in [5.41, 5.74) is -1.40. The summed E-state index contributed by atoms with van der Waals surface area (Å²) in [5, 5.41) is 2.36. The Labute approximate surface area is 181 Å². The molecule has 1 unspecified atom stereocenters. The largest absolute Gasteiger partial charge is 0.351 e. The number of aromatic nitrogens is 1. The quantitative estimate of drug-likeness (QED) is 0.306. The number of fused-ring (bicyclic) bond motifs is 2. The number of hydrogen-bond acceptors (Lipinski definition) is 7. The average Bonchev–Trinajstić information content (AvgIpc) is 3.32. The molecule has 4 heterocycles. The lowest BCUT2D eigenvalue weighted by Crippen LogP contribution is -2.73. The third-order valence-corrected chi connectivity index (χ3v) is 6.66. The molecule has 5 rings (SSSR count). The van der Waals surface area contributed by atoms with Crippen molar-refractivity contribution < 1.29 is 32.7 Å². The first-order valence-corrected chi connectivity index (χ1v) is 10.4. The summed E-state index contributed by atoms with van der Waals surface area (Å²) in [6, 6.07) is 0.152. The number of carbonyl (C=O) groups is 4. The zero-order chi connectivity index (χ0) is 22.8. The highest BCUT2D eigenvalue weighted by Gasteiger charge is 2.65. The number of ether oxygens (including phenoxy) is 1. The maximum absolute atomic E-state index is 13.7. The summed E-state index contributed by atoms with van der Waals surface area (Å²) in [6.07, 6.45) is 3.25. The first kappa shape index (κ1) is 20.7. The van der Waals surface area contributed by atoms with E-state index in [2.05, 4.69) is 10.3 Å². The van der Waals surface area contributed by atoms with Crippen molar-refractivity contribution in [2.75, 3.05) is 6.61 Å². The van der Waals surface area contributed by atoms with Gasteiger partial charge in [-0.3, -0.25) is 19.2 Å². The first-order chi connectivity index (χ1) is 15.2. The Hall–Kier alpha value is -3.21. The maximum Gasteiger partial charge on any atom is 0.257 e. The van der Waals surface area contributed by atoms with Crippen LogP contribution in [0.2, 0.25) is 0 Å². The average molecular weight is 446 g/mol. The molecule has 11 heteroatoms.